The fraction of sp³-hybridized carbons (Fsp3) is 0.267. The average molecular weight is 809 g/mol. The van der Waals surface area contributed by atoms with Gasteiger partial charge in [-0.3, -0.25) is 14.4 Å². The topological polar surface area (TPSA) is 169 Å². The Morgan fingerprint density at radius 1 is 0.627 bits per heavy atom. The Morgan fingerprint density at radius 3 is 1.49 bits per heavy atom. The van der Waals surface area contributed by atoms with Gasteiger partial charge in [-0.25, -0.2) is 9.59 Å². The lowest BCUT2D eigenvalue weighted by atomic mass is 10.1. The predicted molar refractivity (Wildman–Crippen MR) is 214 cm³/mol. The van der Waals surface area contributed by atoms with Crippen LogP contribution in [0.25, 0.3) is 12.2 Å². The maximum atomic E-state index is 12.9. The van der Waals surface area contributed by atoms with Crippen molar-refractivity contribution in [3.8, 4) is 23.0 Å². The van der Waals surface area contributed by atoms with E-state index in [1.54, 1.807) is 76.1 Å². The Kier molecular flexibility index (Phi) is 16.6. The second-order valence-corrected chi connectivity index (χ2v) is 13.9. The molecule has 4 rings (SSSR count). The highest BCUT2D eigenvalue weighted by atomic mass is 16.6. The Balaban J connectivity index is 1.33. The molecule has 2 heterocycles. The van der Waals surface area contributed by atoms with E-state index in [1.165, 1.54) is 57.0 Å². The second-order valence-electron chi connectivity index (χ2n) is 13.9. The molecule has 308 valence electrons. The molecule has 0 atom stereocenters. The number of ketones is 1. The molecule has 14 heteroatoms. The highest BCUT2D eigenvalue weighted by molar-refractivity contribution is 6.02. The van der Waals surface area contributed by atoms with Gasteiger partial charge in [0.25, 0.3) is 13.5 Å². The Hall–Kier alpha value is -7.09. The van der Waals surface area contributed by atoms with Crippen molar-refractivity contribution < 1.29 is 66.6 Å². The van der Waals surface area contributed by atoms with Crippen molar-refractivity contribution in [1.82, 2.24) is 0 Å². The number of allylic oxidation sites excluding steroid dienone is 3. The molecule has 0 radical (unpaired) electrons. The largest absolute Gasteiger partial charge is 0.508 e. The third kappa shape index (κ3) is 14.7. The van der Waals surface area contributed by atoms with E-state index in [1.807, 2.05) is 27.7 Å². The average Bonchev–Trinajstić information content (AvgIpc) is 3.21. The van der Waals surface area contributed by atoms with Crippen molar-refractivity contribution in [3.63, 3.8) is 0 Å². The van der Waals surface area contributed by atoms with E-state index in [0.717, 1.165) is 6.08 Å². The molecule has 0 unspecified atom stereocenters. The molecule has 0 fully saturated rings. The van der Waals surface area contributed by atoms with E-state index in [4.69, 9.17) is 28.4 Å². The molecular weight excluding hydrogens is 760 g/mol. The number of methoxy groups -OCH3 is 2. The van der Waals surface area contributed by atoms with Crippen LogP contribution in [0.5, 0.6) is 23.0 Å². The summed E-state index contributed by atoms with van der Waals surface area (Å²) in [6.07, 6.45) is 13.6. The van der Waals surface area contributed by atoms with Gasteiger partial charge in [0.1, 0.15) is 16.9 Å². The molecule has 1 N–H and O–H groups in total. The van der Waals surface area contributed by atoms with Crippen molar-refractivity contribution in [3.05, 3.63) is 132 Å². The maximum Gasteiger partial charge on any atom is 0.349 e. The molecule has 0 bridgehead atoms. The molecule has 0 aliphatic carbocycles. The number of aromatic nitrogens is 2. The number of hydrogen-bond donors (Lipinski definition) is 1. The molecule has 0 saturated carbocycles. The number of nitrogens with zero attached hydrogens (tertiary/aromatic N) is 2. The Bertz CT molecular complexity index is 2240. The van der Waals surface area contributed by atoms with Crippen molar-refractivity contribution in [2.75, 3.05) is 14.2 Å². The van der Waals surface area contributed by atoms with Gasteiger partial charge in [-0.05, 0) is 71.5 Å². The van der Waals surface area contributed by atoms with Crippen LogP contribution >= 0.6 is 0 Å². The fourth-order valence-corrected chi connectivity index (χ4v) is 5.19. The van der Waals surface area contributed by atoms with Gasteiger partial charge in [0.2, 0.25) is 0 Å². The number of hydrogen-bond acceptors (Lipinski definition) is 12. The van der Waals surface area contributed by atoms with Crippen LogP contribution in [0.15, 0.2) is 109 Å². The SMILES string of the molecule is COc1cc(/C=C/C(=O)/C=C(O)/C=C/c2ccc(OC(=O)c3ccc[n+](COC(=O)CC(C)C)c3)c(OC)c2)ccc1OC(=O)c1ccc[n+](COC(=O)CC(C)C)c1. The number of carbonyl (C=O) groups is 5. The first-order valence-electron chi connectivity index (χ1n) is 18.6. The van der Waals surface area contributed by atoms with Gasteiger partial charge in [-0.15, -0.1) is 0 Å². The summed E-state index contributed by atoms with van der Waals surface area (Å²) in [5.74, 6) is -1.72. The minimum absolute atomic E-state index is 0.0523. The Morgan fingerprint density at radius 2 is 1.07 bits per heavy atom. The third-order valence-corrected chi connectivity index (χ3v) is 8.04. The summed E-state index contributed by atoms with van der Waals surface area (Å²) in [6.45, 7) is 7.56. The minimum Gasteiger partial charge on any atom is -0.508 e. The fourth-order valence-electron chi connectivity index (χ4n) is 5.19. The van der Waals surface area contributed by atoms with Gasteiger partial charge < -0.3 is 33.5 Å². The lowest BCUT2D eigenvalue weighted by Gasteiger charge is -2.10. The first kappa shape index (κ1) is 44.6. The molecule has 59 heavy (non-hydrogen) atoms. The Labute approximate surface area is 342 Å². The summed E-state index contributed by atoms with van der Waals surface area (Å²) < 4.78 is 35.6. The van der Waals surface area contributed by atoms with Crippen molar-refractivity contribution in [2.24, 2.45) is 11.8 Å². The molecule has 0 spiro atoms. The summed E-state index contributed by atoms with van der Waals surface area (Å²) in [6, 6.07) is 15.9. The van der Waals surface area contributed by atoms with Crippen LogP contribution in [0, 0.1) is 11.8 Å². The van der Waals surface area contributed by atoms with Gasteiger partial charge in [-0.2, -0.15) is 9.13 Å². The predicted octanol–water partition coefficient (Wildman–Crippen LogP) is 6.55. The number of aliphatic hydroxyl groups is 1. The summed E-state index contributed by atoms with van der Waals surface area (Å²) in [5.41, 5.74) is 1.58. The maximum absolute atomic E-state index is 12.9. The first-order chi connectivity index (χ1) is 28.2. The third-order valence-electron chi connectivity index (χ3n) is 8.04. The highest BCUT2D eigenvalue weighted by Gasteiger charge is 2.19. The lowest BCUT2D eigenvalue weighted by Crippen LogP contribution is -2.36. The van der Waals surface area contributed by atoms with Crippen LogP contribution in [-0.4, -0.2) is 49.0 Å². The van der Waals surface area contributed by atoms with Gasteiger partial charge in [0.05, 0.1) is 14.2 Å². The normalized spacial score (nSPS) is 11.5. The van der Waals surface area contributed by atoms with Gasteiger partial charge in [-0.1, -0.05) is 52.0 Å². The van der Waals surface area contributed by atoms with Crippen molar-refractivity contribution in [1.29, 1.82) is 0 Å². The second kappa shape index (κ2) is 22.0. The number of carbonyl (C=O) groups excluding carboxylic acids is 5. The van der Waals surface area contributed by atoms with Gasteiger partial charge in [0, 0.05) is 31.1 Å². The van der Waals surface area contributed by atoms with Gasteiger partial charge >= 0.3 is 23.9 Å². The van der Waals surface area contributed by atoms with Crippen LogP contribution in [0.1, 0.15) is 72.4 Å². The molecule has 0 saturated heterocycles. The summed E-state index contributed by atoms with van der Waals surface area (Å²) in [7, 11) is 2.82. The molecule has 0 aliphatic rings. The number of aliphatic hydroxyl groups excluding tert-OH is 1. The summed E-state index contributed by atoms with van der Waals surface area (Å²) in [5, 5.41) is 10.4. The highest BCUT2D eigenvalue weighted by Crippen LogP contribution is 2.30. The molecule has 0 aliphatic heterocycles. The van der Waals surface area contributed by atoms with Crippen LogP contribution < -0.4 is 28.1 Å². The number of esters is 4. The molecule has 4 aromatic rings. The van der Waals surface area contributed by atoms with Crippen LogP contribution in [0.4, 0.5) is 0 Å². The summed E-state index contributed by atoms with van der Waals surface area (Å²) in [4.78, 5) is 62.3. The zero-order chi connectivity index (χ0) is 42.9. The number of ether oxygens (including phenoxy) is 6. The molecule has 2 aromatic carbocycles. The quantitative estimate of drug-likeness (QED) is 0.0271. The van der Waals surface area contributed by atoms with E-state index in [2.05, 4.69) is 0 Å². The molecule has 14 nitrogen and oxygen atoms in total. The first-order valence-corrected chi connectivity index (χ1v) is 18.6. The number of rotatable bonds is 19. The van der Waals surface area contributed by atoms with Gasteiger partial charge in [0.15, 0.2) is 53.6 Å². The zero-order valence-electron chi connectivity index (χ0n) is 33.8. The summed E-state index contributed by atoms with van der Waals surface area (Å²) >= 11 is 0. The molecule has 0 amide bonds. The molecule has 2 aromatic heterocycles. The minimum atomic E-state index is -0.660. The standard InChI is InChI=1S/C45H47N2O12/c1-30(2)21-42(50)56-28-46-19-7-9-34(26-46)44(52)58-38-17-13-32(23-40(38)54-5)11-15-36(48)25-37(49)16-12-33-14-18-39(41(24-33)55-6)59-45(53)35-10-8-20-47(27-35)29-57-43(51)22-31(3)4/h7-20,23-27,30-31H,21-22,28-29H2,1-6H3/q+1/p+1/b15-11+,16-12+. The van der Waals surface area contributed by atoms with E-state index >= 15 is 0 Å². The van der Waals surface area contributed by atoms with Crippen molar-refractivity contribution >= 4 is 41.8 Å². The van der Waals surface area contributed by atoms with E-state index < -0.39 is 17.7 Å². The zero-order valence-corrected chi connectivity index (χ0v) is 33.8. The van der Waals surface area contributed by atoms with Crippen LogP contribution in [0.2, 0.25) is 0 Å². The van der Waals surface area contributed by atoms with E-state index in [0.29, 0.717) is 11.1 Å². The number of benzene rings is 2. The number of pyridine rings is 2. The monoisotopic (exact) mass is 808 g/mol. The lowest BCUT2D eigenvalue weighted by molar-refractivity contribution is -0.728. The van der Waals surface area contributed by atoms with Crippen LogP contribution in [-0.2, 0) is 37.3 Å². The smallest absolute Gasteiger partial charge is 0.349 e. The van der Waals surface area contributed by atoms with E-state index in [-0.39, 0.29) is 90.0 Å². The van der Waals surface area contributed by atoms with Crippen LogP contribution in [0.3, 0.4) is 0 Å². The molecular formula is C45H48N2O12+2. The van der Waals surface area contributed by atoms with E-state index in [9.17, 15) is 29.1 Å². The van der Waals surface area contributed by atoms with Crippen molar-refractivity contribution in [2.45, 2.75) is 54.0 Å².